The average molecular weight is 181 g/mol. The number of rotatable bonds is 4. The molecule has 0 heterocycles. The smallest absolute Gasteiger partial charge is 0.250 e. The lowest BCUT2D eigenvalue weighted by molar-refractivity contribution is -0.117. The minimum Gasteiger partial charge on any atom is -0.352 e. The number of hydrogen-bond donors (Lipinski definition) is 1. The molecule has 0 bridgehead atoms. The lowest BCUT2D eigenvalue weighted by Crippen LogP contribution is -2.27. The van der Waals surface area contributed by atoms with Crippen LogP contribution in [0.3, 0.4) is 0 Å². The van der Waals surface area contributed by atoms with Gasteiger partial charge in [0, 0.05) is 12.1 Å². The highest BCUT2D eigenvalue weighted by molar-refractivity contribution is 5.95. The number of carbonyl (C=O) groups is 1. The maximum Gasteiger partial charge on any atom is 0.250 e. The Morgan fingerprint density at radius 3 is 2.38 bits per heavy atom. The van der Waals surface area contributed by atoms with Gasteiger partial charge in [0.1, 0.15) is 0 Å². The summed E-state index contributed by atoms with van der Waals surface area (Å²) in [6.07, 6.45) is 2.43. The van der Waals surface area contributed by atoms with Crippen molar-refractivity contribution in [2.75, 3.05) is 6.54 Å². The van der Waals surface area contributed by atoms with Crippen LogP contribution in [-0.2, 0) is 4.79 Å². The second-order valence-electron chi connectivity index (χ2n) is 4.30. The van der Waals surface area contributed by atoms with Crippen molar-refractivity contribution in [3.8, 4) is 0 Å². The first-order chi connectivity index (χ1) is 5.87. The molecule has 0 aromatic carbocycles. The summed E-state index contributed by atoms with van der Waals surface area (Å²) in [5, 5.41) is 2.78. The number of hydrogen-bond acceptors (Lipinski definition) is 1. The van der Waals surface area contributed by atoms with Gasteiger partial charge in [-0.1, -0.05) is 40.0 Å². The summed E-state index contributed by atoms with van der Waals surface area (Å²) in [7, 11) is 0. The van der Waals surface area contributed by atoms with Gasteiger partial charge in [-0.05, 0) is 11.8 Å². The Morgan fingerprint density at radius 2 is 2.00 bits per heavy atom. The molecule has 2 nitrogen and oxygen atoms in total. The van der Waals surface area contributed by atoms with Crippen LogP contribution < -0.4 is 5.32 Å². The normalized spacial score (nSPS) is 10.7. The Hall–Kier alpha value is -1.05. The molecule has 0 saturated heterocycles. The first kappa shape index (κ1) is 11.9. The molecule has 2 heteroatoms. The Balaban J connectivity index is 3.72. The van der Waals surface area contributed by atoms with Gasteiger partial charge in [0.2, 0.25) is 0 Å². The number of amides is 1. The highest BCUT2D eigenvalue weighted by Crippen LogP contribution is 2.16. The van der Waals surface area contributed by atoms with Gasteiger partial charge in [-0.25, -0.2) is 0 Å². The molecule has 13 heavy (non-hydrogen) atoms. The topological polar surface area (TPSA) is 29.1 Å². The van der Waals surface area contributed by atoms with E-state index in [0.29, 0.717) is 12.1 Å². The Labute approximate surface area is 80.7 Å². The van der Waals surface area contributed by atoms with E-state index in [9.17, 15) is 4.79 Å². The van der Waals surface area contributed by atoms with Crippen LogP contribution >= 0.6 is 0 Å². The molecule has 0 aliphatic carbocycles. The summed E-state index contributed by atoms with van der Waals surface area (Å²) in [6, 6.07) is 0. The van der Waals surface area contributed by atoms with Gasteiger partial charge in [-0.3, -0.25) is 4.79 Å². The summed E-state index contributed by atoms with van der Waals surface area (Å²) < 4.78 is 0. The molecular weight excluding hydrogens is 162 g/mol. The van der Waals surface area contributed by atoms with Crippen molar-refractivity contribution >= 4 is 5.91 Å². The predicted molar refractivity (Wildman–Crippen MR) is 56.4 cm³/mol. The number of nitrogens with one attached hydrogen (secondary N) is 1. The summed E-state index contributed by atoms with van der Waals surface area (Å²) in [6.45, 7) is 14.1. The van der Waals surface area contributed by atoms with Crippen molar-refractivity contribution in [1.29, 1.82) is 0 Å². The second-order valence-corrected chi connectivity index (χ2v) is 4.30. The van der Waals surface area contributed by atoms with Gasteiger partial charge >= 0.3 is 0 Å². The van der Waals surface area contributed by atoms with Crippen LogP contribution in [0.4, 0.5) is 0 Å². The molecule has 1 amide bonds. The minimum atomic E-state index is -0.126. The molecular formula is C11H19NO. The van der Waals surface area contributed by atoms with Crippen LogP contribution in [0.5, 0.6) is 0 Å². The molecule has 0 fully saturated rings. The number of carbonyl (C=O) groups excluding carboxylic acids is 1. The fourth-order valence-corrected chi connectivity index (χ4v) is 0.757. The highest BCUT2D eigenvalue weighted by Gasteiger charge is 2.10. The Kier molecular flexibility index (Phi) is 4.46. The molecule has 0 saturated carbocycles. The average Bonchev–Trinajstić information content (AvgIpc) is 2.00. The first-order valence-electron chi connectivity index (χ1n) is 4.46. The molecule has 0 rings (SSSR count). The molecule has 0 aromatic rings. The Bertz CT molecular complexity index is 211. The van der Waals surface area contributed by atoms with E-state index in [-0.39, 0.29) is 11.3 Å². The van der Waals surface area contributed by atoms with Crippen molar-refractivity contribution in [3.63, 3.8) is 0 Å². The van der Waals surface area contributed by atoms with Crippen LogP contribution in [0.25, 0.3) is 0 Å². The van der Waals surface area contributed by atoms with Gasteiger partial charge in [-0.15, -0.1) is 0 Å². The van der Waals surface area contributed by atoms with Gasteiger partial charge in [-0.2, -0.15) is 0 Å². The van der Waals surface area contributed by atoms with Crippen LogP contribution in [-0.4, -0.2) is 12.5 Å². The maximum atomic E-state index is 11.2. The highest BCUT2D eigenvalue weighted by atomic mass is 16.1. The summed E-state index contributed by atoms with van der Waals surface area (Å²) in [4.78, 5) is 11.2. The van der Waals surface area contributed by atoms with Crippen LogP contribution in [0, 0.1) is 5.41 Å². The van der Waals surface area contributed by atoms with E-state index in [0.717, 1.165) is 6.42 Å². The van der Waals surface area contributed by atoms with E-state index < -0.39 is 0 Å². The second kappa shape index (κ2) is 4.85. The fraction of sp³-hybridized carbons (Fsp3) is 0.545. The monoisotopic (exact) mass is 181 g/mol. The fourth-order valence-electron chi connectivity index (χ4n) is 0.757. The minimum absolute atomic E-state index is 0.126. The van der Waals surface area contributed by atoms with Crippen LogP contribution in [0.15, 0.2) is 24.8 Å². The zero-order chi connectivity index (χ0) is 10.5. The Morgan fingerprint density at radius 1 is 1.46 bits per heavy atom. The molecule has 0 spiro atoms. The molecule has 0 aliphatic heterocycles. The standard InChI is InChI=1S/C11H19NO/c1-6-9(2)10(13)12-8-7-11(3,4)5/h6H,1-2,7-8H2,3-5H3,(H,12,13). The van der Waals surface area contributed by atoms with Gasteiger partial charge in [0.15, 0.2) is 0 Å². The third-order valence-corrected chi connectivity index (χ3v) is 1.70. The zero-order valence-electron chi connectivity index (χ0n) is 8.81. The predicted octanol–water partition coefficient (Wildman–Crippen LogP) is 2.28. The molecule has 74 valence electrons. The van der Waals surface area contributed by atoms with E-state index in [1.165, 1.54) is 6.08 Å². The molecule has 0 aliphatic rings. The maximum absolute atomic E-state index is 11.2. The van der Waals surface area contributed by atoms with Crippen LogP contribution in [0.1, 0.15) is 27.2 Å². The van der Waals surface area contributed by atoms with E-state index in [2.05, 4.69) is 39.2 Å². The zero-order valence-corrected chi connectivity index (χ0v) is 8.81. The van der Waals surface area contributed by atoms with E-state index in [1.807, 2.05) is 0 Å². The molecule has 1 N–H and O–H groups in total. The van der Waals surface area contributed by atoms with E-state index in [1.54, 1.807) is 0 Å². The van der Waals surface area contributed by atoms with Gasteiger partial charge in [0.05, 0.1) is 0 Å². The summed E-state index contributed by atoms with van der Waals surface area (Å²) in [5.41, 5.74) is 0.678. The third kappa shape index (κ3) is 6.14. The van der Waals surface area contributed by atoms with Crippen molar-refractivity contribution in [2.24, 2.45) is 5.41 Å². The largest absolute Gasteiger partial charge is 0.352 e. The van der Waals surface area contributed by atoms with Gasteiger partial charge < -0.3 is 5.32 Å². The molecule has 0 aromatic heterocycles. The molecule has 0 atom stereocenters. The lowest BCUT2D eigenvalue weighted by atomic mass is 9.92. The molecule has 0 radical (unpaired) electrons. The van der Waals surface area contributed by atoms with E-state index >= 15 is 0 Å². The van der Waals surface area contributed by atoms with Crippen molar-refractivity contribution in [3.05, 3.63) is 24.8 Å². The lowest BCUT2D eigenvalue weighted by Gasteiger charge is -2.17. The third-order valence-electron chi connectivity index (χ3n) is 1.70. The van der Waals surface area contributed by atoms with Crippen LogP contribution in [0.2, 0.25) is 0 Å². The SMILES string of the molecule is C=CC(=C)C(=O)NCCC(C)(C)C. The van der Waals surface area contributed by atoms with Crippen molar-refractivity contribution < 1.29 is 4.79 Å². The van der Waals surface area contributed by atoms with Crippen molar-refractivity contribution in [1.82, 2.24) is 5.32 Å². The molecule has 0 unspecified atom stereocenters. The summed E-state index contributed by atoms with van der Waals surface area (Å²) in [5.74, 6) is -0.126. The van der Waals surface area contributed by atoms with Gasteiger partial charge in [0.25, 0.3) is 5.91 Å². The summed E-state index contributed by atoms with van der Waals surface area (Å²) >= 11 is 0. The first-order valence-corrected chi connectivity index (χ1v) is 4.46. The quantitative estimate of drug-likeness (QED) is 0.523. The van der Waals surface area contributed by atoms with E-state index in [4.69, 9.17) is 0 Å². The van der Waals surface area contributed by atoms with Crippen molar-refractivity contribution in [2.45, 2.75) is 27.2 Å².